The highest BCUT2D eigenvalue weighted by Crippen LogP contribution is 2.60. The Morgan fingerprint density at radius 3 is 2.46 bits per heavy atom. The predicted molar refractivity (Wildman–Crippen MR) is 139 cm³/mol. The zero-order chi connectivity index (χ0) is 25.5. The SMILES string of the molecule is CC(C)CC1CN(c2ccccc2)c2cc(Cl)c(-c3ccc(F)c(C(=O)O)c3)cc2S(O)(O)N1C. The molecular weight excluding hydrogens is 491 g/mol. The summed E-state index contributed by atoms with van der Waals surface area (Å²) >= 11 is 6.69. The van der Waals surface area contributed by atoms with Crippen molar-refractivity contribution in [3.05, 3.63) is 77.1 Å². The number of benzene rings is 3. The van der Waals surface area contributed by atoms with Crippen molar-refractivity contribution in [2.24, 2.45) is 5.92 Å². The molecule has 3 aromatic carbocycles. The van der Waals surface area contributed by atoms with Crippen LogP contribution in [0.15, 0.2) is 65.6 Å². The summed E-state index contributed by atoms with van der Waals surface area (Å²) in [4.78, 5) is 13.8. The van der Waals surface area contributed by atoms with Gasteiger partial charge >= 0.3 is 5.97 Å². The summed E-state index contributed by atoms with van der Waals surface area (Å²) < 4.78 is 38.7. The van der Waals surface area contributed by atoms with Crippen LogP contribution in [0.1, 0.15) is 30.6 Å². The van der Waals surface area contributed by atoms with E-state index in [0.717, 1.165) is 18.2 Å². The highest BCUT2D eigenvalue weighted by atomic mass is 35.5. The molecule has 1 aliphatic heterocycles. The molecule has 1 heterocycles. The summed E-state index contributed by atoms with van der Waals surface area (Å²) in [6, 6.07) is 16.4. The molecule has 0 saturated heterocycles. The van der Waals surface area contributed by atoms with Crippen molar-refractivity contribution < 1.29 is 23.4 Å². The van der Waals surface area contributed by atoms with Gasteiger partial charge in [0.15, 0.2) is 0 Å². The van der Waals surface area contributed by atoms with Gasteiger partial charge in [-0.05, 0) is 54.3 Å². The largest absolute Gasteiger partial charge is 0.478 e. The summed E-state index contributed by atoms with van der Waals surface area (Å²) in [5, 5.41) is 9.64. The Morgan fingerprint density at radius 1 is 1.14 bits per heavy atom. The molecule has 0 fully saturated rings. The first-order valence-electron chi connectivity index (χ1n) is 11.2. The maximum Gasteiger partial charge on any atom is 0.338 e. The molecule has 0 radical (unpaired) electrons. The normalized spacial score (nSPS) is 18.7. The minimum absolute atomic E-state index is 0.167. The van der Waals surface area contributed by atoms with Crippen molar-refractivity contribution in [1.82, 2.24) is 4.31 Å². The molecule has 0 saturated carbocycles. The molecule has 0 spiro atoms. The van der Waals surface area contributed by atoms with Crippen LogP contribution < -0.4 is 4.90 Å². The molecule has 186 valence electrons. The minimum Gasteiger partial charge on any atom is -0.478 e. The van der Waals surface area contributed by atoms with E-state index in [9.17, 15) is 23.4 Å². The lowest BCUT2D eigenvalue weighted by Gasteiger charge is -2.43. The third kappa shape index (κ3) is 4.90. The third-order valence-corrected chi connectivity index (χ3v) is 8.59. The molecule has 3 N–H and O–H groups in total. The monoisotopic (exact) mass is 518 g/mol. The van der Waals surface area contributed by atoms with E-state index in [0.29, 0.717) is 29.3 Å². The molecule has 0 amide bonds. The zero-order valence-electron chi connectivity index (χ0n) is 19.7. The number of carboxylic acids is 1. The smallest absolute Gasteiger partial charge is 0.338 e. The zero-order valence-corrected chi connectivity index (χ0v) is 21.2. The van der Waals surface area contributed by atoms with Crippen LogP contribution in [-0.2, 0) is 0 Å². The van der Waals surface area contributed by atoms with Crippen LogP contribution in [0, 0.1) is 11.7 Å². The highest BCUT2D eigenvalue weighted by Gasteiger charge is 2.38. The first kappa shape index (κ1) is 25.5. The molecule has 3 aromatic rings. The fourth-order valence-corrected chi connectivity index (χ4v) is 6.33. The van der Waals surface area contributed by atoms with E-state index in [4.69, 9.17) is 11.6 Å². The number of carboxylic acid groups (broad SMARTS) is 1. The Bertz CT molecular complexity index is 1260. The van der Waals surface area contributed by atoms with Gasteiger partial charge in [-0.1, -0.05) is 49.7 Å². The molecule has 0 aromatic heterocycles. The molecule has 6 nitrogen and oxygen atoms in total. The molecular formula is C26H28ClFN2O4S. The molecule has 1 unspecified atom stereocenters. The van der Waals surface area contributed by atoms with E-state index in [1.54, 1.807) is 23.5 Å². The number of rotatable bonds is 5. The van der Waals surface area contributed by atoms with Crippen LogP contribution in [0.3, 0.4) is 0 Å². The number of likely N-dealkylation sites (N-methyl/N-ethyl adjacent to an activating group) is 1. The van der Waals surface area contributed by atoms with Gasteiger partial charge in [-0.2, -0.15) is 0 Å². The van der Waals surface area contributed by atoms with Gasteiger partial charge in [-0.25, -0.2) is 13.5 Å². The maximum atomic E-state index is 14.0. The van der Waals surface area contributed by atoms with Gasteiger partial charge in [0.1, 0.15) is 5.82 Å². The van der Waals surface area contributed by atoms with Gasteiger partial charge in [0.25, 0.3) is 0 Å². The second-order valence-corrected chi connectivity index (χ2v) is 11.6. The molecule has 0 bridgehead atoms. The van der Waals surface area contributed by atoms with Crippen molar-refractivity contribution in [3.8, 4) is 11.1 Å². The molecule has 1 atom stereocenters. The fourth-order valence-electron chi connectivity index (χ4n) is 4.46. The summed E-state index contributed by atoms with van der Waals surface area (Å²) in [7, 11) is -1.73. The van der Waals surface area contributed by atoms with Crippen LogP contribution in [0.25, 0.3) is 11.1 Å². The van der Waals surface area contributed by atoms with Gasteiger partial charge in [-0.15, -0.1) is 10.8 Å². The van der Waals surface area contributed by atoms with Crippen molar-refractivity contribution in [1.29, 1.82) is 0 Å². The second-order valence-electron chi connectivity index (χ2n) is 9.09. The number of anilines is 2. The molecule has 35 heavy (non-hydrogen) atoms. The van der Waals surface area contributed by atoms with Gasteiger partial charge in [-0.3, -0.25) is 9.11 Å². The van der Waals surface area contributed by atoms with E-state index >= 15 is 0 Å². The number of aromatic carboxylic acids is 1. The average molecular weight is 519 g/mol. The average Bonchev–Trinajstić information content (AvgIpc) is 2.88. The van der Waals surface area contributed by atoms with Crippen LogP contribution in [0.4, 0.5) is 15.8 Å². The van der Waals surface area contributed by atoms with E-state index < -0.39 is 28.1 Å². The first-order chi connectivity index (χ1) is 16.5. The molecule has 4 rings (SSSR count). The number of hydrogen-bond acceptors (Lipinski definition) is 5. The molecule has 1 aliphatic rings. The van der Waals surface area contributed by atoms with Crippen molar-refractivity contribution >= 4 is 39.7 Å². The van der Waals surface area contributed by atoms with Crippen LogP contribution in [0.2, 0.25) is 5.02 Å². The van der Waals surface area contributed by atoms with Crippen LogP contribution >= 0.6 is 22.4 Å². The Kier molecular flexibility index (Phi) is 7.13. The standard InChI is InChI=1S/C26H28ClFN2O4S/c1-16(2)11-19-15-30(18-7-5-4-6-8-18)24-14-22(27)20(13-25(24)35(33,34)29(19)3)17-9-10-23(28)21(12-17)26(31)32/h4-10,12-14,16,19,33-34H,11,15H2,1-3H3,(H,31,32). The number of carbonyl (C=O) groups is 1. The lowest BCUT2D eigenvalue weighted by molar-refractivity contribution is 0.0692. The number of hydrogen-bond donors (Lipinski definition) is 3. The van der Waals surface area contributed by atoms with Crippen molar-refractivity contribution in [2.45, 2.75) is 31.2 Å². The number of para-hydroxylation sites is 1. The summed E-state index contributed by atoms with van der Waals surface area (Å²) in [6.07, 6.45) is 0.740. The Labute approximate surface area is 211 Å². The van der Waals surface area contributed by atoms with E-state index in [1.165, 1.54) is 12.1 Å². The van der Waals surface area contributed by atoms with Crippen LogP contribution in [-0.4, -0.2) is 44.1 Å². The Balaban J connectivity index is 1.95. The summed E-state index contributed by atoms with van der Waals surface area (Å²) in [6.45, 7) is 4.69. The topological polar surface area (TPSA) is 84.2 Å². The second kappa shape index (κ2) is 9.79. The summed E-state index contributed by atoms with van der Waals surface area (Å²) in [5.41, 5.74) is 1.70. The van der Waals surface area contributed by atoms with E-state index in [2.05, 4.69) is 13.8 Å². The molecule has 0 aliphatic carbocycles. The van der Waals surface area contributed by atoms with Crippen molar-refractivity contribution in [2.75, 3.05) is 18.5 Å². The van der Waals surface area contributed by atoms with E-state index in [1.807, 2.05) is 35.2 Å². The number of halogens is 2. The lowest BCUT2D eigenvalue weighted by Crippen LogP contribution is -2.40. The highest BCUT2D eigenvalue weighted by molar-refractivity contribution is 8.22. The third-order valence-electron chi connectivity index (χ3n) is 6.26. The fraction of sp³-hybridized carbons (Fsp3) is 0.269. The number of fused-ring (bicyclic) bond motifs is 1. The first-order valence-corrected chi connectivity index (χ1v) is 13.1. The summed E-state index contributed by atoms with van der Waals surface area (Å²) in [5.74, 6) is -1.93. The Hall–Kier alpha value is -2.62. The number of nitrogens with zero attached hydrogens (tertiary/aromatic N) is 2. The predicted octanol–water partition coefficient (Wildman–Crippen LogP) is 7.37. The quantitative estimate of drug-likeness (QED) is 0.327. The van der Waals surface area contributed by atoms with Gasteiger partial charge in [0, 0.05) is 30.9 Å². The van der Waals surface area contributed by atoms with Gasteiger partial charge in [0.2, 0.25) is 0 Å². The van der Waals surface area contributed by atoms with E-state index in [-0.39, 0.29) is 16.0 Å². The van der Waals surface area contributed by atoms with Crippen LogP contribution in [0.5, 0.6) is 0 Å². The van der Waals surface area contributed by atoms with Gasteiger partial charge < -0.3 is 10.0 Å². The lowest BCUT2D eigenvalue weighted by atomic mass is 10.0. The van der Waals surface area contributed by atoms with Gasteiger partial charge in [0.05, 0.1) is 21.2 Å². The minimum atomic E-state index is -3.43. The Morgan fingerprint density at radius 2 is 1.83 bits per heavy atom. The molecule has 9 heteroatoms. The van der Waals surface area contributed by atoms with Crippen molar-refractivity contribution in [3.63, 3.8) is 0 Å². The maximum absolute atomic E-state index is 14.0.